The summed E-state index contributed by atoms with van der Waals surface area (Å²) in [6, 6.07) is 8.16. The molecule has 0 amide bonds. The normalized spacial score (nSPS) is 11.6. The van der Waals surface area contributed by atoms with Gasteiger partial charge in [-0.05, 0) is 37.0 Å². The number of nitrogens with one attached hydrogen (secondary N) is 2. The summed E-state index contributed by atoms with van der Waals surface area (Å²) in [5.74, 6) is 2.18. The molecule has 25 heavy (non-hydrogen) atoms. The van der Waals surface area contributed by atoms with Crippen LogP contribution in [0.3, 0.4) is 0 Å². The van der Waals surface area contributed by atoms with Gasteiger partial charge in [0.1, 0.15) is 10.8 Å². The Bertz CT molecular complexity index is 664. The van der Waals surface area contributed by atoms with Gasteiger partial charge in [-0.15, -0.1) is 11.3 Å². The molecule has 0 saturated heterocycles. The van der Waals surface area contributed by atoms with Gasteiger partial charge in [0.15, 0.2) is 5.96 Å². The Kier molecular flexibility index (Phi) is 7.73. The standard InChI is InChI=1S/C19H28N4OS/c1-5-20-19(22-12-18-23-17(13-25-18)14(2)3)21-11-10-15-6-8-16(24-4)9-7-15/h6-9,13-14H,5,10-12H2,1-4H3,(H2,20,21,22). The summed E-state index contributed by atoms with van der Waals surface area (Å²) >= 11 is 1.68. The molecule has 1 aromatic heterocycles. The Morgan fingerprint density at radius 2 is 2.00 bits per heavy atom. The molecule has 0 saturated carbocycles. The molecule has 0 fully saturated rings. The molecule has 1 aromatic carbocycles. The topological polar surface area (TPSA) is 58.5 Å². The maximum absolute atomic E-state index is 5.18. The van der Waals surface area contributed by atoms with Gasteiger partial charge in [-0.2, -0.15) is 0 Å². The van der Waals surface area contributed by atoms with Gasteiger partial charge in [0.05, 0.1) is 19.3 Å². The predicted octanol–water partition coefficient (Wildman–Crippen LogP) is 3.57. The number of thiazole rings is 1. The summed E-state index contributed by atoms with van der Waals surface area (Å²) in [6.07, 6.45) is 0.934. The summed E-state index contributed by atoms with van der Waals surface area (Å²) in [4.78, 5) is 9.27. The van der Waals surface area contributed by atoms with Crippen molar-refractivity contribution in [2.45, 2.75) is 39.7 Å². The number of rotatable bonds is 8. The van der Waals surface area contributed by atoms with Gasteiger partial charge < -0.3 is 15.4 Å². The summed E-state index contributed by atoms with van der Waals surface area (Å²) in [6.45, 7) is 8.66. The van der Waals surface area contributed by atoms with E-state index >= 15 is 0 Å². The van der Waals surface area contributed by atoms with Crippen molar-refractivity contribution in [2.75, 3.05) is 20.2 Å². The first-order valence-corrected chi connectivity index (χ1v) is 9.59. The highest BCUT2D eigenvalue weighted by Gasteiger charge is 2.05. The maximum Gasteiger partial charge on any atom is 0.191 e. The molecule has 0 aliphatic heterocycles. The highest BCUT2D eigenvalue weighted by atomic mass is 32.1. The number of aromatic nitrogens is 1. The van der Waals surface area contributed by atoms with Gasteiger partial charge in [0.25, 0.3) is 0 Å². The Morgan fingerprint density at radius 3 is 2.60 bits per heavy atom. The second kappa shape index (κ2) is 10.0. The zero-order chi connectivity index (χ0) is 18.1. The molecule has 0 atom stereocenters. The third-order valence-electron chi connectivity index (χ3n) is 3.74. The number of ether oxygens (including phenoxy) is 1. The first kappa shape index (κ1) is 19.2. The van der Waals surface area contributed by atoms with Gasteiger partial charge in [-0.3, -0.25) is 0 Å². The lowest BCUT2D eigenvalue weighted by Crippen LogP contribution is -2.38. The van der Waals surface area contributed by atoms with E-state index in [0.717, 1.165) is 41.9 Å². The van der Waals surface area contributed by atoms with Crippen molar-refractivity contribution in [2.24, 2.45) is 4.99 Å². The van der Waals surface area contributed by atoms with Crippen LogP contribution in [0.2, 0.25) is 0 Å². The monoisotopic (exact) mass is 360 g/mol. The number of guanidine groups is 1. The summed E-state index contributed by atoms with van der Waals surface area (Å²) < 4.78 is 5.18. The molecule has 0 spiro atoms. The van der Waals surface area contributed by atoms with Crippen LogP contribution in [0.25, 0.3) is 0 Å². The average molecular weight is 361 g/mol. The minimum Gasteiger partial charge on any atom is -0.497 e. The maximum atomic E-state index is 5.18. The molecular weight excluding hydrogens is 332 g/mol. The molecule has 6 heteroatoms. The van der Waals surface area contributed by atoms with E-state index in [9.17, 15) is 0 Å². The summed E-state index contributed by atoms with van der Waals surface area (Å²) in [5, 5.41) is 9.84. The van der Waals surface area contributed by atoms with Gasteiger partial charge in [-0.1, -0.05) is 26.0 Å². The van der Waals surface area contributed by atoms with Crippen LogP contribution in [-0.4, -0.2) is 31.1 Å². The van der Waals surface area contributed by atoms with Crippen molar-refractivity contribution in [1.82, 2.24) is 15.6 Å². The molecule has 0 unspecified atom stereocenters. The van der Waals surface area contributed by atoms with E-state index < -0.39 is 0 Å². The predicted molar refractivity (Wildman–Crippen MR) is 106 cm³/mol. The molecule has 0 radical (unpaired) electrons. The molecular formula is C19H28N4OS. The molecule has 0 aliphatic carbocycles. The third-order valence-corrected chi connectivity index (χ3v) is 4.59. The highest BCUT2D eigenvalue weighted by molar-refractivity contribution is 7.09. The van der Waals surface area contributed by atoms with E-state index in [0.29, 0.717) is 12.5 Å². The molecule has 0 aliphatic rings. The fourth-order valence-corrected chi connectivity index (χ4v) is 3.15. The number of aliphatic imine (C=N–C) groups is 1. The van der Waals surface area contributed by atoms with E-state index in [4.69, 9.17) is 4.74 Å². The zero-order valence-corrected chi connectivity index (χ0v) is 16.3. The zero-order valence-electron chi connectivity index (χ0n) is 15.5. The van der Waals surface area contributed by atoms with Crippen molar-refractivity contribution in [3.63, 3.8) is 0 Å². The van der Waals surface area contributed by atoms with Crippen LogP contribution in [0.5, 0.6) is 5.75 Å². The number of benzene rings is 1. The number of methoxy groups -OCH3 is 1. The van der Waals surface area contributed by atoms with Gasteiger partial charge in [-0.25, -0.2) is 9.98 Å². The van der Waals surface area contributed by atoms with Crippen LogP contribution >= 0.6 is 11.3 Å². The van der Waals surface area contributed by atoms with E-state index in [-0.39, 0.29) is 0 Å². The summed E-state index contributed by atoms with van der Waals surface area (Å²) in [5.41, 5.74) is 2.42. The fraction of sp³-hybridized carbons (Fsp3) is 0.474. The van der Waals surface area contributed by atoms with Crippen LogP contribution in [0.4, 0.5) is 0 Å². The quantitative estimate of drug-likeness (QED) is 0.558. The van der Waals surface area contributed by atoms with E-state index in [1.807, 2.05) is 12.1 Å². The highest BCUT2D eigenvalue weighted by Crippen LogP contribution is 2.18. The number of hydrogen-bond donors (Lipinski definition) is 2. The van der Waals surface area contributed by atoms with E-state index in [1.54, 1.807) is 18.4 Å². The lowest BCUT2D eigenvalue weighted by Gasteiger charge is -2.11. The largest absolute Gasteiger partial charge is 0.497 e. The van der Waals surface area contributed by atoms with Crippen molar-refractivity contribution < 1.29 is 4.74 Å². The average Bonchev–Trinajstić information content (AvgIpc) is 3.09. The number of hydrogen-bond acceptors (Lipinski definition) is 4. The molecule has 2 rings (SSSR count). The van der Waals surface area contributed by atoms with Gasteiger partial charge in [0, 0.05) is 18.5 Å². The van der Waals surface area contributed by atoms with Crippen LogP contribution in [0.1, 0.15) is 43.0 Å². The Balaban J connectivity index is 1.85. The van der Waals surface area contributed by atoms with Crippen LogP contribution in [-0.2, 0) is 13.0 Å². The SMILES string of the molecule is CCNC(=NCc1nc(C(C)C)cs1)NCCc1ccc(OC)cc1. The Hall–Kier alpha value is -2.08. The second-order valence-corrected chi connectivity index (χ2v) is 6.98. The fourth-order valence-electron chi connectivity index (χ4n) is 2.27. The third kappa shape index (κ3) is 6.38. The van der Waals surface area contributed by atoms with Crippen molar-refractivity contribution >= 4 is 17.3 Å². The van der Waals surface area contributed by atoms with Crippen molar-refractivity contribution in [1.29, 1.82) is 0 Å². The molecule has 5 nitrogen and oxygen atoms in total. The molecule has 1 heterocycles. The van der Waals surface area contributed by atoms with Crippen molar-refractivity contribution in [3.8, 4) is 5.75 Å². The summed E-state index contributed by atoms with van der Waals surface area (Å²) in [7, 11) is 1.68. The van der Waals surface area contributed by atoms with E-state index in [2.05, 4.69) is 58.9 Å². The van der Waals surface area contributed by atoms with Crippen molar-refractivity contribution in [3.05, 3.63) is 45.9 Å². The minimum atomic E-state index is 0.463. The minimum absolute atomic E-state index is 0.463. The Labute approximate surface area is 154 Å². The first-order chi connectivity index (χ1) is 12.1. The second-order valence-electron chi connectivity index (χ2n) is 6.04. The lowest BCUT2D eigenvalue weighted by molar-refractivity contribution is 0.414. The molecule has 2 aromatic rings. The number of nitrogens with zero attached hydrogens (tertiary/aromatic N) is 2. The molecule has 136 valence electrons. The van der Waals surface area contributed by atoms with Gasteiger partial charge >= 0.3 is 0 Å². The van der Waals surface area contributed by atoms with E-state index in [1.165, 1.54) is 5.56 Å². The molecule has 0 bridgehead atoms. The van der Waals surface area contributed by atoms with Crippen LogP contribution in [0, 0.1) is 0 Å². The van der Waals surface area contributed by atoms with Gasteiger partial charge in [0.2, 0.25) is 0 Å². The Morgan fingerprint density at radius 1 is 1.24 bits per heavy atom. The lowest BCUT2D eigenvalue weighted by atomic mass is 10.1. The van der Waals surface area contributed by atoms with Crippen LogP contribution < -0.4 is 15.4 Å². The smallest absolute Gasteiger partial charge is 0.191 e. The first-order valence-electron chi connectivity index (χ1n) is 8.71. The van der Waals surface area contributed by atoms with Crippen LogP contribution in [0.15, 0.2) is 34.6 Å². The molecule has 2 N–H and O–H groups in total.